The Morgan fingerprint density at radius 1 is 0.792 bits per heavy atom. The zero-order chi connectivity index (χ0) is 17.5. The van der Waals surface area contributed by atoms with Gasteiger partial charge >= 0.3 is 12.4 Å². The van der Waals surface area contributed by atoms with Gasteiger partial charge in [-0.15, -0.1) is 0 Å². The third-order valence-corrected chi connectivity index (χ3v) is 2.91. The van der Waals surface area contributed by atoms with Gasteiger partial charge in [0, 0.05) is 6.20 Å². The second-order valence-corrected chi connectivity index (χ2v) is 4.59. The molecule has 3 aromatic heterocycles. The molecule has 0 saturated carbocycles. The van der Waals surface area contributed by atoms with Crippen molar-refractivity contribution in [3.63, 3.8) is 0 Å². The Hall–Kier alpha value is -2.92. The van der Waals surface area contributed by atoms with Gasteiger partial charge in [0.15, 0.2) is 17.2 Å². The molecule has 12 heteroatoms. The number of nitrogens with zero attached hydrogens (tertiary/aromatic N) is 4. The number of nitrogens with one attached hydrogen (secondary N) is 2. The summed E-state index contributed by atoms with van der Waals surface area (Å²) in [5, 5.41) is 10.5. The zero-order valence-corrected chi connectivity index (χ0v) is 11.4. The fourth-order valence-corrected chi connectivity index (χ4v) is 1.82. The number of aromatic nitrogens is 6. The van der Waals surface area contributed by atoms with Crippen molar-refractivity contribution in [1.29, 1.82) is 0 Å². The topological polar surface area (TPSA) is 83.1 Å². The second kappa shape index (κ2) is 5.32. The van der Waals surface area contributed by atoms with Gasteiger partial charge < -0.3 is 0 Å². The molecule has 6 nitrogen and oxygen atoms in total. The lowest BCUT2D eigenvalue weighted by Crippen LogP contribution is -2.04. The molecular formula is C12H6F6N6. The number of aromatic amines is 2. The zero-order valence-electron chi connectivity index (χ0n) is 11.4. The maximum absolute atomic E-state index is 12.5. The molecule has 0 aliphatic carbocycles. The molecule has 0 radical (unpaired) electrons. The van der Waals surface area contributed by atoms with Crippen LogP contribution in [0.15, 0.2) is 24.4 Å². The van der Waals surface area contributed by atoms with E-state index in [1.54, 1.807) is 0 Å². The van der Waals surface area contributed by atoms with Crippen molar-refractivity contribution in [3.05, 3.63) is 35.8 Å². The molecule has 0 aliphatic rings. The Kier molecular flexibility index (Phi) is 3.53. The third-order valence-electron chi connectivity index (χ3n) is 2.91. The van der Waals surface area contributed by atoms with Crippen molar-refractivity contribution in [1.82, 2.24) is 30.4 Å². The molecule has 2 N–H and O–H groups in total. The molecule has 0 aromatic carbocycles. The van der Waals surface area contributed by atoms with Gasteiger partial charge in [0.25, 0.3) is 0 Å². The van der Waals surface area contributed by atoms with E-state index in [9.17, 15) is 26.3 Å². The number of H-pyrrole nitrogens is 2. The second-order valence-electron chi connectivity index (χ2n) is 4.59. The van der Waals surface area contributed by atoms with Gasteiger partial charge in [-0.1, -0.05) is 0 Å². The first-order valence-electron chi connectivity index (χ1n) is 6.23. The van der Waals surface area contributed by atoms with E-state index in [1.807, 2.05) is 0 Å². The maximum Gasteiger partial charge on any atom is 0.435 e. The molecule has 3 rings (SSSR count). The molecule has 24 heavy (non-hydrogen) atoms. The van der Waals surface area contributed by atoms with E-state index in [-0.39, 0.29) is 22.9 Å². The van der Waals surface area contributed by atoms with Gasteiger partial charge in [0.05, 0.1) is 11.4 Å². The minimum Gasteiger partial charge on any atom is -0.276 e. The highest BCUT2D eigenvalue weighted by Gasteiger charge is 2.35. The lowest BCUT2D eigenvalue weighted by molar-refractivity contribution is -0.142. The summed E-state index contributed by atoms with van der Waals surface area (Å²) in [6.45, 7) is 0. The van der Waals surface area contributed by atoms with Gasteiger partial charge in [-0.05, 0) is 18.2 Å². The summed E-state index contributed by atoms with van der Waals surface area (Å²) in [7, 11) is 0. The van der Waals surface area contributed by atoms with Gasteiger partial charge in [-0.3, -0.25) is 10.2 Å². The average molecular weight is 348 g/mol. The molecule has 0 amide bonds. The molecule has 3 heterocycles. The number of alkyl halides is 6. The van der Waals surface area contributed by atoms with Crippen molar-refractivity contribution in [2.24, 2.45) is 0 Å². The minimum atomic E-state index is -4.64. The van der Waals surface area contributed by atoms with Crippen molar-refractivity contribution in [3.8, 4) is 22.9 Å². The van der Waals surface area contributed by atoms with E-state index in [2.05, 4.69) is 30.4 Å². The molecule has 0 fully saturated rings. The highest BCUT2D eigenvalue weighted by Crippen LogP contribution is 2.31. The SMILES string of the molecule is FC(F)(F)c1cc(-c2ccnc(-c3cc(C(F)(F)F)n[nH]3)n2)[nH]n1. The lowest BCUT2D eigenvalue weighted by Gasteiger charge is -2.00. The van der Waals surface area contributed by atoms with Crippen LogP contribution in [0.2, 0.25) is 0 Å². The molecule has 0 unspecified atom stereocenters. The summed E-state index contributed by atoms with van der Waals surface area (Å²) in [6.07, 6.45) is -8.08. The van der Waals surface area contributed by atoms with Crippen molar-refractivity contribution >= 4 is 0 Å². The third kappa shape index (κ3) is 3.07. The predicted molar refractivity (Wildman–Crippen MR) is 67.2 cm³/mol. The van der Waals surface area contributed by atoms with E-state index < -0.39 is 23.7 Å². The summed E-state index contributed by atoms with van der Waals surface area (Å²) in [4.78, 5) is 7.70. The number of rotatable bonds is 2. The molecule has 0 aliphatic heterocycles. The standard InChI is InChI=1S/C12H6F6N6/c13-11(14,15)8-3-6(21-23-8)5-1-2-19-10(20-5)7-4-9(24-22-7)12(16,17)18/h1-4H,(H,21,23)(H,22,24). The Bertz CT molecular complexity index is 794. The molecule has 3 aromatic rings. The first-order valence-corrected chi connectivity index (χ1v) is 6.23. The van der Waals surface area contributed by atoms with Crippen LogP contribution < -0.4 is 0 Å². The fraction of sp³-hybridized carbons (Fsp3) is 0.167. The average Bonchev–Trinajstić information content (AvgIpc) is 3.16. The Morgan fingerprint density at radius 3 is 1.88 bits per heavy atom. The van der Waals surface area contributed by atoms with Crippen LogP contribution in [0, 0.1) is 0 Å². The van der Waals surface area contributed by atoms with Crippen molar-refractivity contribution < 1.29 is 26.3 Å². The summed E-state index contributed by atoms with van der Waals surface area (Å²) in [5.41, 5.74) is -2.45. The Morgan fingerprint density at radius 2 is 1.33 bits per heavy atom. The van der Waals surface area contributed by atoms with E-state index in [0.717, 1.165) is 6.07 Å². The normalized spacial score (nSPS) is 12.6. The van der Waals surface area contributed by atoms with Crippen molar-refractivity contribution in [2.75, 3.05) is 0 Å². The molecule has 0 saturated heterocycles. The van der Waals surface area contributed by atoms with Crippen LogP contribution in [0.25, 0.3) is 22.9 Å². The molecule has 0 bridgehead atoms. The van der Waals surface area contributed by atoms with E-state index in [4.69, 9.17) is 0 Å². The highest BCUT2D eigenvalue weighted by atomic mass is 19.4. The number of hydrogen-bond donors (Lipinski definition) is 2. The molecular weight excluding hydrogens is 342 g/mol. The summed E-state index contributed by atoms with van der Waals surface area (Å²) in [6, 6.07) is 2.73. The molecule has 0 spiro atoms. The van der Waals surface area contributed by atoms with Crippen LogP contribution in [-0.4, -0.2) is 30.4 Å². The monoisotopic (exact) mass is 348 g/mol. The highest BCUT2D eigenvalue weighted by molar-refractivity contribution is 5.59. The van der Waals surface area contributed by atoms with Crippen LogP contribution in [0.4, 0.5) is 26.3 Å². The summed E-state index contributed by atoms with van der Waals surface area (Å²) >= 11 is 0. The quantitative estimate of drug-likeness (QED) is 0.696. The smallest absolute Gasteiger partial charge is 0.276 e. The first kappa shape index (κ1) is 16.0. The van der Waals surface area contributed by atoms with Crippen LogP contribution in [0.3, 0.4) is 0 Å². The maximum atomic E-state index is 12.5. The predicted octanol–water partition coefficient (Wildman–Crippen LogP) is 3.29. The first-order chi connectivity index (χ1) is 11.1. The Balaban J connectivity index is 1.95. The van der Waals surface area contributed by atoms with Gasteiger partial charge in [-0.25, -0.2) is 9.97 Å². The molecule has 126 valence electrons. The Labute approximate surface area is 129 Å². The van der Waals surface area contributed by atoms with E-state index >= 15 is 0 Å². The fourth-order valence-electron chi connectivity index (χ4n) is 1.82. The van der Waals surface area contributed by atoms with E-state index in [0.29, 0.717) is 6.07 Å². The van der Waals surface area contributed by atoms with Crippen molar-refractivity contribution in [2.45, 2.75) is 12.4 Å². The van der Waals surface area contributed by atoms with Gasteiger partial charge in [-0.2, -0.15) is 36.5 Å². The number of hydrogen-bond acceptors (Lipinski definition) is 4. The largest absolute Gasteiger partial charge is 0.435 e. The minimum absolute atomic E-state index is 0.0335. The van der Waals surface area contributed by atoms with Crippen LogP contribution in [0.5, 0.6) is 0 Å². The van der Waals surface area contributed by atoms with Crippen LogP contribution in [0.1, 0.15) is 11.4 Å². The lowest BCUT2D eigenvalue weighted by atomic mass is 10.2. The van der Waals surface area contributed by atoms with Gasteiger partial charge in [0.2, 0.25) is 0 Å². The van der Waals surface area contributed by atoms with Gasteiger partial charge in [0.1, 0.15) is 5.69 Å². The van der Waals surface area contributed by atoms with Crippen LogP contribution >= 0.6 is 0 Å². The number of halogens is 6. The molecule has 0 atom stereocenters. The van der Waals surface area contributed by atoms with Crippen LogP contribution in [-0.2, 0) is 12.4 Å². The summed E-state index contributed by atoms with van der Waals surface area (Å²) < 4.78 is 75.2. The van der Waals surface area contributed by atoms with E-state index in [1.165, 1.54) is 12.3 Å². The summed E-state index contributed by atoms with van der Waals surface area (Å²) in [5.74, 6) is -0.154.